The molecule has 0 spiro atoms. The van der Waals surface area contributed by atoms with E-state index in [0.717, 1.165) is 0 Å². The second-order valence-electron chi connectivity index (χ2n) is 2.36. The van der Waals surface area contributed by atoms with E-state index >= 15 is 0 Å². The second-order valence-corrected chi connectivity index (χ2v) is 2.36. The van der Waals surface area contributed by atoms with Crippen LogP contribution in [0.5, 0.6) is 0 Å². The highest BCUT2D eigenvalue weighted by Crippen LogP contribution is 2.35. The number of carbonyl (C=O) groups excluding carboxylic acids is 2. The topological polar surface area (TPSA) is 52.6 Å². The van der Waals surface area contributed by atoms with Gasteiger partial charge in [0, 0.05) is 0 Å². The highest BCUT2D eigenvalue weighted by molar-refractivity contribution is 6.29. The van der Waals surface area contributed by atoms with Gasteiger partial charge in [-0.25, -0.2) is 9.59 Å². The van der Waals surface area contributed by atoms with Crippen LogP contribution >= 0.6 is 0 Å². The van der Waals surface area contributed by atoms with Crippen LogP contribution < -0.4 is 0 Å². The Morgan fingerprint density at radius 1 is 0.938 bits per heavy atom. The first-order valence-corrected chi connectivity index (χ1v) is 3.42. The third kappa shape index (κ3) is 3.95. The number of ether oxygens (including phenoxy) is 2. The highest BCUT2D eigenvalue weighted by Gasteiger charge is 2.60. The van der Waals surface area contributed by atoms with Crippen LogP contribution in [0.15, 0.2) is 0 Å². The Bertz CT molecular complexity index is 266. The van der Waals surface area contributed by atoms with Gasteiger partial charge in [0.15, 0.2) is 0 Å². The Balaban J connectivity index is 4.85. The molecule has 0 atom stereocenters. The SMILES string of the molecule is COC(=O)C(=O)OC(C(F)(F)F)C(F)(F)F. The molecule has 0 radical (unpaired) electrons. The molecule has 0 fully saturated rings. The van der Waals surface area contributed by atoms with Crippen molar-refractivity contribution in [2.45, 2.75) is 18.5 Å². The van der Waals surface area contributed by atoms with E-state index in [2.05, 4.69) is 9.47 Å². The predicted octanol–water partition coefficient (Wildman–Crippen LogP) is 1.20. The monoisotopic (exact) mass is 254 g/mol. The second kappa shape index (κ2) is 4.58. The molecule has 0 heterocycles. The molecule has 0 saturated carbocycles. The number of rotatable bonds is 1. The van der Waals surface area contributed by atoms with Gasteiger partial charge in [-0.1, -0.05) is 0 Å². The van der Waals surface area contributed by atoms with Gasteiger partial charge in [0.2, 0.25) is 0 Å². The Labute approximate surface area is 84.1 Å². The maximum Gasteiger partial charge on any atom is 0.434 e. The molecular formula is C6H4F6O4. The van der Waals surface area contributed by atoms with Gasteiger partial charge in [0.1, 0.15) is 0 Å². The van der Waals surface area contributed by atoms with Crippen molar-refractivity contribution < 1.29 is 45.4 Å². The summed E-state index contributed by atoms with van der Waals surface area (Å²) in [6.45, 7) is 0. The summed E-state index contributed by atoms with van der Waals surface area (Å²) in [5, 5.41) is 0. The minimum Gasteiger partial charge on any atom is -0.461 e. The summed E-state index contributed by atoms with van der Waals surface area (Å²) in [7, 11) is 0.597. The molecule has 0 aromatic heterocycles. The van der Waals surface area contributed by atoms with Gasteiger partial charge >= 0.3 is 24.3 Å². The lowest BCUT2D eigenvalue weighted by molar-refractivity contribution is -0.312. The van der Waals surface area contributed by atoms with E-state index in [0.29, 0.717) is 7.11 Å². The van der Waals surface area contributed by atoms with Crippen LogP contribution in [0, 0.1) is 0 Å². The van der Waals surface area contributed by atoms with Crippen LogP contribution in [0.25, 0.3) is 0 Å². The summed E-state index contributed by atoms with van der Waals surface area (Å²) in [4.78, 5) is 20.7. The van der Waals surface area contributed by atoms with Crippen molar-refractivity contribution in [1.29, 1.82) is 0 Å². The first-order chi connectivity index (χ1) is 7.00. The Morgan fingerprint density at radius 2 is 1.31 bits per heavy atom. The zero-order chi connectivity index (χ0) is 13.1. The number of hydrogen-bond donors (Lipinski definition) is 0. The van der Waals surface area contributed by atoms with Crippen LogP contribution in [0.3, 0.4) is 0 Å². The Hall–Kier alpha value is -1.48. The van der Waals surface area contributed by atoms with Gasteiger partial charge in [0.05, 0.1) is 7.11 Å². The first-order valence-electron chi connectivity index (χ1n) is 3.42. The lowest BCUT2D eigenvalue weighted by atomic mass is 10.3. The van der Waals surface area contributed by atoms with Crippen LogP contribution in [-0.4, -0.2) is 37.5 Å². The number of carbonyl (C=O) groups is 2. The van der Waals surface area contributed by atoms with Crippen molar-refractivity contribution in [2.75, 3.05) is 7.11 Å². The van der Waals surface area contributed by atoms with E-state index < -0.39 is 30.4 Å². The third-order valence-electron chi connectivity index (χ3n) is 1.17. The Morgan fingerprint density at radius 3 is 1.56 bits per heavy atom. The van der Waals surface area contributed by atoms with Gasteiger partial charge in [-0.3, -0.25) is 0 Å². The number of esters is 2. The Kier molecular flexibility index (Phi) is 4.15. The van der Waals surface area contributed by atoms with Crippen molar-refractivity contribution >= 4 is 11.9 Å². The zero-order valence-corrected chi connectivity index (χ0v) is 7.48. The summed E-state index contributed by atoms with van der Waals surface area (Å²) >= 11 is 0. The van der Waals surface area contributed by atoms with Crippen molar-refractivity contribution in [3.05, 3.63) is 0 Å². The van der Waals surface area contributed by atoms with Gasteiger partial charge < -0.3 is 9.47 Å². The lowest BCUT2D eigenvalue weighted by Crippen LogP contribution is -2.46. The largest absolute Gasteiger partial charge is 0.461 e. The van der Waals surface area contributed by atoms with E-state index in [1.807, 2.05) is 0 Å². The molecule has 10 heteroatoms. The molecule has 0 unspecified atom stereocenters. The molecular weight excluding hydrogens is 250 g/mol. The van der Waals surface area contributed by atoms with Crippen molar-refractivity contribution in [1.82, 2.24) is 0 Å². The molecule has 0 N–H and O–H groups in total. The van der Waals surface area contributed by atoms with Gasteiger partial charge in [-0.05, 0) is 0 Å². The van der Waals surface area contributed by atoms with E-state index in [9.17, 15) is 35.9 Å². The zero-order valence-electron chi connectivity index (χ0n) is 7.48. The van der Waals surface area contributed by atoms with E-state index in [4.69, 9.17) is 0 Å². The molecule has 0 aliphatic heterocycles. The van der Waals surface area contributed by atoms with Gasteiger partial charge in [0.25, 0.3) is 6.10 Å². The van der Waals surface area contributed by atoms with Crippen LogP contribution in [0.4, 0.5) is 26.3 Å². The molecule has 94 valence electrons. The van der Waals surface area contributed by atoms with E-state index in [1.165, 1.54) is 0 Å². The minimum atomic E-state index is -5.86. The van der Waals surface area contributed by atoms with E-state index in [1.54, 1.807) is 0 Å². The fourth-order valence-corrected chi connectivity index (χ4v) is 0.558. The maximum absolute atomic E-state index is 11.8. The summed E-state index contributed by atoms with van der Waals surface area (Å²) < 4.78 is 77.3. The number of methoxy groups -OCH3 is 1. The lowest BCUT2D eigenvalue weighted by Gasteiger charge is -2.21. The molecule has 0 aliphatic rings. The van der Waals surface area contributed by atoms with Gasteiger partial charge in [-0.2, -0.15) is 26.3 Å². The normalized spacial score (nSPS) is 12.5. The molecule has 0 saturated heterocycles. The standard InChI is InChI=1S/C6H4F6O4/c1-15-2(13)3(14)16-4(5(7,8)9)6(10,11)12/h4H,1H3. The van der Waals surface area contributed by atoms with E-state index in [-0.39, 0.29) is 0 Å². The summed E-state index contributed by atoms with van der Waals surface area (Å²) in [5.41, 5.74) is 0. The number of hydrogen-bond acceptors (Lipinski definition) is 4. The predicted molar refractivity (Wildman–Crippen MR) is 34.0 cm³/mol. The van der Waals surface area contributed by atoms with Gasteiger partial charge in [-0.15, -0.1) is 0 Å². The summed E-state index contributed by atoms with van der Waals surface area (Å²) in [6, 6.07) is 0. The van der Waals surface area contributed by atoms with Crippen molar-refractivity contribution in [3.8, 4) is 0 Å². The van der Waals surface area contributed by atoms with Crippen molar-refractivity contribution in [2.24, 2.45) is 0 Å². The molecule has 4 nitrogen and oxygen atoms in total. The molecule has 0 amide bonds. The third-order valence-corrected chi connectivity index (χ3v) is 1.17. The molecule has 0 aliphatic carbocycles. The average molecular weight is 254 g/mol. The molecule has 0 rings (SSSR count). The number of alkyl halides is 6. The highest BCUT2D eigenvalue weighted by atomic mass is 19.4. The fraction of sp³-hybridized carbons (Fsp3) is 0.667. The van der Waals surface area contributed by atoms with Crippen LogP contribution in [-0.2, 0) is 19.1 Å². The molecule has 0 bridgehead atoms. The number of halogens is 6. The van der Waals surface area contributed by atoms with Crippen LogP contribution in [0.2, 0.25) is 0 Å². The summed E-state index contributed by atoms with van der Waals surface area (Å²) in [6.07, 6.45) is -16.1. The quantitative estimate of drug-likeness (QED) is 0.400. The first kappa shape index (κ1) is 14.5. The minimum absolute atomic E-state index is 0.597. The fourth-order valence-electron chi connectivity index (χ4n) is 0.558. The van der Waals surface area contributed by atoms with Crippen LogP contribution in [0.1, 0.15) is 0 Å². The smallest absolute Gasteiger partial charge is 0.434 e. The molecule has 16 heavy (non-hydrogen) atoms. The molecule has 0 aromatic rings. The maximum atomic E-state index is 11.8. The van der Waals surface area contributed by atoms with Crippen molar-refractivity contribution in [3.63, 3.8) is 0 Å². The average Bonchev–Trinajstić information content (AvgIpc) is 2.08. The summed E-state index contributed by atoms with van der Waals surface area (Å²) in [5.74, 6) is -4.33. The molecule has 0 aromatic carbocycles.